The molecule has 0 bridgehead atoms. The molecule has 0 radical (unpaired) electrons. The van der Waals surface area contributed by atoms with Crippen molar-refractivity contribution in [3.63, 3.8) is 0 Å². The fourth-order valence-corrected chi connectivity index (χ4v) is 11.9. The Morgan fingerprint density at radius 2 is 0.905 bits per heavy atom. The van der Waals surface area contributed by atoms with Crippen LogP contribution in [0, 0.1) is 6.92 Å². The van der Waals surface area contributed by atoms with Crippen LogP contribution in [0.3, 0.4) is 0 Å². The lowest BCUT2D eigenvalue weighted by atomic mass is 9.84. The van der Waals surface area contributed by atoms with Gasteiger partial charge in [-0.1, -0.05) is 98.7 Å². The normalized spacial score (nSPS) is 17.6. The van der Waals surface area contributed by atoms with Gasteiger partial charge in [0.1, 0.15) is 0 Å². The van der Waals surface area contributed by atoms with Crippen LogP contribution >= 0.6 is 10.3 Å². The highest BCUT2D eigenvalue weighted by Crippen LogP contribution is 2.70. The fourth-order valence-electron chi connectivity index (χ4n) is 6.75. The van der Waals surface area contributed by atoms with Crippen LogP contribution in [0.25, 0.3) is 0 Å². The van der Waals surface area contributed by atoms with Gasteiger partial charge in [0.05, 0.1) is 4.90 Å². The van der Waals surface area contributed by atoms with E-state index >= 15 is 0 Å². The maximum Gasteiger partial charge on any atom is 0.307 e. The smallest absolute Gasteiger partial charge is 0.203 e. The van der Waals surface area contributed by atoms with Crippen LogP contribution in [-0.2, 0) is 13.7 Å². The lowest BCUT2D eigenvalue weighted by Crippen LogP contribution is -2.15. The Morgan fingerprint density at radius 3 is 1.36 bits per heavy atom. The molecule has 0 N–H and O–H groups in total. The summed E-state index contributed by atoms with van der Waals surface area (Å²) in [6.07, 6.45) is 12.6. The second-order valence-electron chi connectivity index (χ2n) is 12.0. The third kappa shape index (κ3) is 6.10. The SMILES string of the molecule is Cc1ccc(S(=O)(=O)OS(c2ccccc2)(c2ccc(C3CCCCC3)cc2)c2ccc(C3CCCCC3)cc2)cc1. The Kier molecular flexibility index (Phi) is 8.90. The van der Waals surface area contributed by atoms with Crippen molar-refractivity contribution in [3.05, 3.63) is 120 Å². The first-order valence-corrected chi connectivity index (χ1v) is 18.5. The van der Waals surface area contributed by atoms with E-state index in [9.17, 15) is 8.42 Å². The molecule has 4 aromatic carbocycles. The minimum Gasteiger partial charge on any atom is -0.203 e. The zero-order valence-corrected chi connectivity index (χ0v) is 26.2. The molecule has 3 nitrogen and oxygen atoms in total. The third-order valence-corrected chi connectivity index (χ3v) is 14.3. The van der Waals surface area contributed by atoms with E-state index in [0.717, 1.165) is 20.2 Å². The quantitative estimate of drug-likeness (QED) is 0.203. The van der Waals surface area contributed by atoms with Gasteiger partial charge in [0.15, 0.2) is 0 Å². The summed E-state index contributed by atoms with van der Waals surface area (Å²) in [7, 11) is -6.73. The molecular formula is C37H42O3S2. The highest BCUT2D eigenvalue weighted by atomic mass is 32.3. The van der Waals surface area contributed by atoms with Gasteiger partial charge in [-0.15, -0.1) is 0 Å². The topological polar surface area (TPSA) is 43.4 Å². The second kappa shape index (κ2) is 12.8. The Balaban J connectivity index is 1.50. The van der Waals surface area contributed by atoms with Crippen molar-refractivity contribution in [2.24, 2.45) is 0 Å². The largest absolute Gasteiger partial charge is 0.307 e. The second-order valence-corrected chi connectivity index (χ2v) is 16.5. The molecule has 0 spiro atoms. The van der Waals surface area contributed by atoms with Crippen LogP contribution in [0.1, 0.15) is 92.7 Å². The molecule has 5 heteroatoms. The molecule has 2 saturated carbocycles. The summed E-state index contributed by atoms with van der Waals surface area (Å²) < 4.78 is 34.8. The van der Waals surface area contributed by atoms with Gasteiger partial charge in [0.25, 0.3) is 0 Å². The van der Waals surface area contributed by atoms with Crippen LogP contribution in [0.15, 0.2) is 123 Å². The Morgan fingerprint density at radius 1 is 0.500 bits per heavy atom. The lowest BCUT2D eigenvalue weighted by molar-refractivity contribution is 0.443. The Hall–Kier alpha value is -2.86. The number of benzene rings is 4. The summed E-state index contributed by atoms with van der Waals surface area (Å²) in [5.74, 6) is 1.14. The summed E-state index contributed by atoms with van der Waals surface area (Å²) >= 11 is 0. The predicted molar refractivity (Wildman–Crippen MR) is 173 cm³/mol. The van der Waals surface area contributed by atoms with Crippen molar-refractivity contribution in [3.8, 4) is 0 Å². The highest BCUT2D eigenvalue weighted by Gasteiger charge is 2.38. The summed E-state index contributed by atoms with van der Waals surface area (Å²) in [6, 6.07) is 34.3. The van der Waals surface area contributed by atoms with Crippen molar-refractivity contribution >= 4 is 20.4 Å². The molecular weight excluding hydrogens is 557 g/mol. The standard InChI is InChI=1S/C37H42O3S2/c1-29-17-23-37(24-18-29)42(38,39)40-41(34-15-9-4-10-16-34,35-25-19-32(20-26-35)30-11-5-2-6-12-30)36-27-21-33(22-28-36)31-13-7-3-8-14-31/h4,9-10,15-28,30-31H,2-3,5-8,11-14H2,1H3. The number of rotatable bonds is 8. The van der Waals surface area contributed by atoms with E-state index in [4.69, 9.17) is 3.63 Å². The van der Waals surface area contributed by atoms with Crippen molar-refractivity contribution < 1.29 is 12.0 Å². The zero-order valence-electron chi connectivity index (χ0n) is 24.6. The number of aryl methyl sites for hydroxylation is 1. The summed E-state index contributed by atoms with van der Waals surface area (Å²) in [5, 5.41) is 0. The first kappa shape index (κ1) is 29.2. The van der Waals surface area contributed by atoms with Crippen molar-refractivity contribution in [1.82, 2.24) is 0 Å². The predicted octanol–water partition coefficient (Wildman–Crippen LogP) is 10.7. The van der Waals surface area contributed by atoms with Gasteiger partial charge in [-0.05, 0) is 114 Å². The first-order chi connectivity index (χ1) is 20.5. The molecule has 2 aliphatic rings. The molecule has 2 fully saturated rings. The number of hydrogen-bond donors (Lipinski definition) is 0. The van der Waals surface area contributed by atoms with E-state index in [0.29, 0.717) is 11.8 Å². The molecule has 2 aliphatic carbocycles. The van der Waals surface area contributed by atoms with Gasteiger partial charge in [-0.3, -0.25) is 0 Å². The molecule has 42 heavy (non-hydrogen) atoms. The molecule has 6 rings (SSSR count). The van der Waals surface area contributed by atoms with Crippen LogP contribution in [0.4, 0.5) is 0 Å². The molecule has 0 aliphatic heterocycles. The van der Waals surface area contributed by atoms with Gasteiger partial charge < -0.3 is 0 Å². The maximum absolute atomic E-state index is 14.1. The summed E-state index contributed by atoms with van der Waals surface area (Å²) in [6.45, 7) is 1.96. The van der Waals surface area contributed by atoms with E-state index < -0.39 is 20.4 Å². The van der Waals surface area contributed by atoms with Crippen LogP contribution in [0.2, 0.25) is 0 Å². The molecule has 0 heterocycles. The first-order valence-electron chi connectivity index (χ1n) is 15.6. The van der Waals surface area contributed by atoms with E-state index in [1.54, 1.807) is 12.1 Å². The van der Waals surface area contributed by atoms with E-state index in [2.05, 4.69) is 48.5 Å². The van der Waals surface area contributed by atoms with Gasteiger partial charge in [0.2, 0.25) is 0 Å². The van der Waals surface area contributed by atoms with E-state index in [1.807, 2.05) is 49.4 Å². The summed E-state index contributed by atoms with van der Waals surface area (Å²) in [4.78, 5) is 2.85. The monoisotopic (exact) mass is 598 g/mol. The maximum atomic E-state index is 14.1. The molecule has 0 aromatic heterocycles. The fraction of sp³-hybridized carbons (Fsp3) is 0.351. The zero-order chi connectivity index (χ0) is 29.0. The van der Waals surface area contributed by atoms with Gasteiger partial charge in [-0.2, -0.15) is 8.42 Å². The summed E-state index contributed by atoms with van der Waals surface area (Å²) in [5.41, 5.74) is 3.69. The van der Waals surface area contributed by atoms with E-state index in [1.165, 1.54) is 75.3 Å². The van der Waals surface area contributed by atoms with Gasteiger partial charge in [-0.25, -0.2) is 3.63 Å². The van der Waals surface area contributed by atoms with Crippen LogP contribution in [0.5, 0.6) is 0 Å². The molecule has 0 unspecified atom stereocenters. The Labute approximate surface area is 254 Å². The van der Waals surface area contributed by atoms with Gasteiger partial charge >= 0.3 is 10.1 Å². The molecule has 4 aromatic rings. The molecule has 220 valence electrons. The average Bonchev–Trinajstić information content (AvgIpc) is 3.05. The van der Waals surface area contributed by atoms with Crippen LogP contribution < -0.4 is 0 Å². The molecule has 0 amide bonds. The minimum absolute atomic E-state index is 0.179. The van der Waals surface area contributed by atoms with Crippen molar-refractivity contribution in [2.45, 2.75) is 103 Å². The average molecular weight is 599 g/mol. The van der Waals surface area contributed by atoms with E-state index in [-0.39, 0.29) is 4.90 Å². The minimum atomic E-state index is -4.10. The van der Waals surface area contributed by atoms with Crippen molar-refractivity contribution in [1.29, 1.82) is 0 Å². The number of hydrogen-bond acceptors (Lipinski definition) is 3. The van der Waals surface area contributed by atoms with Crippen LogP contribution in [-0.4, -0.2) is 8.42 Å². The molecule has 0 saturated heterocycles. The van der Waals surface area contributed by atoms with Crippen molar-refractivity contribution in [2.75, 3.05) is 0 Å². The third-order valence-electron chi connectivity index (χ3n) is 9.15. The highest BCUT2D eigenvalue weighted by molar-refractivity contribution is 8.33. The lowest BCUT2D eigenvalue weighted by Gasteiger charge is -2.40. The van der Waals surface area contributed by atoms with Gasteiger partial charge in [0, 0.05) is 14.7 Å². The molecule has 0 atom stereocenters. The Bertz CT molecular complexity index is 1490.